The number of ether oxygens (including phenoxy) is 4. The van der Waals surface area contributed by atoms with E-state index < -0.39 is 17.2 Å². The van der Waals surface area contributed by atoms with Crippen molar-refractivity contribution >= 4 is 23.3 Å². The van der Waals surface area contributed by atoms with Gasteiger partial charge in [0.25, 0.3) is 0 Å². The number of halogens is 1. The van der Waals surface area contributed by atoms with E-state index in [0.29, 0.717) is 41.9 Å². The molecule has 222 valence electrons. The molecular weight excluding hydrogens is 533 g/mol. The lowest BCUT2D eigenvalue weighted by Crippen LogP contribution is -2.31. The van der Waals surface area contributed by atoms with Gasteiger partial charge in [-0.15, -0.1) is 0 Å². The standard InChI is InChI=1S/C30H38FN3O7/c1-7-40-24(36)16-41-19-8-9-33(14-19)21-11-17(10-20(27(21)37)30(2,3)4)22(35)15-34-13-18-12-23(38-5)28(39-6)26(31)25(18)29(34)32/h10-12,19,32,37H,7-9,13-16H2,1-6H3. The third-order valence-corrected chi connectivity index (χ3v) is 7.39. The molecule has 0 spiro atoms. The molecule has 11 heteroatoms. The predicted molar refractivity (Wildman–Crippen MR) is 151 cm³/mol. The van der Waals surface area contributed by atoms with Crippen molar-refractivity contribution in [1.82, 2.24) is 4.90 Å². The zero-order valence-electron chi connectivity index (χ0n) is 24.4. The van der Waals surface area contributed by atoms with Crippen molar-refractivity contribution in [1.29, 1.82) is 5.41 Å². The number of rotatable bonds is 10. The Balaban J connectivity index is 1.57. The highest BCUT2D eigenvalue weighted by atomic mass is 19.1. The second-order valence-corrected chi connectivity index (χ2v) is 11.2. The summed E-state index contributed by atoms with van der Waals surface area (Å²) in [6.07, 6.45) is 0.410. The Labute approximate surface area is 239 Å². The molecule has 2 aliphatic heterocycles. The van der Waals surface area contributed by atoms with E-state index in [1.165, 1.54) is 19.1 Å². The van der Waals surface area contributed by atoms with E-state index in [0.717, 1.165) is 0 Å². The summed E-state index contributed by atoms with van der Waals surface area (Å²) in [5, 5.41) is 19.9. The van der Waals surface area contributed by atoms with E-state index >= 15 is 4.39 Å². The lowest BCUT2D eigenvalue weighted by Gasteiger charge is -2.27. The number of esters is 1. The third-order valence-electron chi connectivity index (χ3n) is 7.39. The molecule has 2 N–H and O–H groups in total. The Morgan fingerprint density at radius 2 is 1.90 bits per heavy atom. The summed E-state index contributed by atoms with van der Waals surface area (Å²) in [6, 6.07) is 4.96. The Morgan fingerprint density at radius 1 is 1.17 bits per heavy atom. The van der Waals surface area contributed by atoms with Gasteiger partial charge in [0.2, 0.25) is 0 Å². The highest BCUT2D eigenvalue weighted by Gasteiger charge is 2.34. The van der Waals surface area contributed by atoms with Gasteiger partial charge in [-0.05, 0) is 42.5 Å². The maximum Gasteiger partial charge on any atom is 0.332 e. The average molecular weight is 572 g/mol. The first-order valence-electron chi connectivity index (χ1n) is 13.6. The van der Waals surface area contributed by atoms with Gasteiger partial charge in [-0.25, -0.2) is 9.18 Å². The number of nitrogens with zero attached hydrogens (tertiary/aromatic N) is 2. The monoisotopic (exact) mass is 571 g/mol. The number of benzene rings is 2. The van der Waals surface area contributed by atoms with E-state index in [1.54, 1.807) is 25.1 Å². The van der Waals surface area contributed by atoms with Crippen molar-refractivity contribution in [3.63, 3.8) is 0 Å². The molecule has 1 atom stereocenters. The maximum atomic E-state index is 15.2. The molecule has 1 unspecified atom stereocenters. The highest BCUT2D eigenvalue weighted by molar-refractivity contribution is 6.06. The van der Waals surface area contributed by atoms with Crippen LogP contribution in [0.25, 0.3) is 0 Å². The quantitative estimate of drug-likeness (QED) is 0.322. The van der Waals surface area contributed by atoms with Gasteiger partial charge >= 0.3 is 5.97 Å². The van der Waals surface area contributed by atoms with Gasteiger partial charge in [-0.1, -0.05) is 20.8 Å². The van der Waals surface area contributed by atoms with Crippen molar-refractivity contribution in [2.24, 2.45) is 0 Å². The number of methoxy groups -OCH3 is 2. The van der Waals surface area contributed by atoms with Crippen LogP contribution in [0.3, 0.4) is 0 Å². The Bertz CT molecular complexity index is 1350. The molecule has 0 radical (unpaired) electrons. The molecular formula is C30H38FN3O7. The molecule has 1 fully saturated rings. The van der Waals surface area contributed by atoms with E-state index in [4.69, 9.17) is 24.4 Å². The summed E-state index contributed by atoms with van der Waals surface area (Å²) in [6.45, 7) is 8.73. The molecule has 1 saturated heterocycles. The minimum Gasteiger partial charge on any atom is -0.505 e. The van der Waals surface area contributed by atoms with Crippen LogP contribution < -0.4 is 14.4 Å². The fourth-order valence-electron chi connectivity index (χ4n) is 5.29. The number of carbonyl (C=O) groups is 2. The number of nitrogens with one attached hydrogen (secondary N) is 1. The van der Waals surface area contributed by atoms with Crippen LogP contribution >= 0.6 is 0 Å². The number of hydrogen-bond donors (Lipinski definition) is 2. The van der Waals surface area contributed by atoms with Crippen molar-refractivity contribution < 1.29 is 38.0 Å². The van der Waals surface area contributed by atoms with Crippen molar-refractivity contribution in [3.8, 4) is 17.2 Å². The first-order valence-corrected chi connectivity index (χ1v) is 13.6. The van der Waals surface area contributed by atoms with Gasteiger partial charge in [-0.2, -0.15) is 0 Å². The molecule has 0 saturated carbocycles. The molecule has 0 amide bonds. The number of anilines is 1. The molecule has 2 aliphatic rings. The number of ketones is 1. The molecule has 4 rings (SSSR count). The van der Waals surface area contributed by atoms with Crippen molar-refractivity contribution in [2.45, 2.75) is 52.2 Å². The van der Waals surface area contributed by atoms with Crippen LogP contribution in [0.15, 0.2) is 18.2 Å². The van der Waals surface area contributed by atoms with E-state index in [9.17, 15) is 14.7 Å². The number of Topliss-reactive ketones (excluding diaryl/α,β-unsaturated/α-hetero) is 1. The Morgan fingerprint density at radius 3 is 2.54 bits per heavy atom. The Hall–Kier alpha value is -3.86. The second kappa shape index (κ2) is 11.9. The number of carbonyl (C=O) groups excluding carboxylic acids is 2. The number of phenols is 1. The molecule has 2 aromatic rings. The second-order valence-electron chi connectivity index (χ2n) is 11.2. The predicted octanol–water partition coefficient (Wildman–Crippen LogP) is 4.03. The van der Waals surface area contributed by atoms with Crippen molar-refractivity contribution in [2.75, 3.05) is 52.0 Å². The largest absolute Gasteiger partial charge is 0.505 e. The first kappa shape index (κ1) is 30.1. The van der Waals surface area contributed by atoms with Crippen LogP contribution in [0.1, 0.15) is 61.2 Å². The van der Waals surface area contributed by atoms with E-state index in [-0.39, 0.29) is 66.8 Å². The van der Waals surface area contributed by atoms with E-state index in [2.05, 4.69) is 0 Å². The topological polar surface area (TPSA) is 122 Å². The smallest absolute Gasteiger partial charge is 0.332 e. The molecule has 2 aromatic carbocycles. The van der Waals surface area contributed by atoms with Gasteiger partial charge < -0.3 is 33.9 Å². The van der Waals surface area contributed by atoms with Gasteiger partial charge in [0.15, 0.2) is 23.1 Å². The van der Waals surface area contributed by atoms with Crippen molar-refractivity contribution in [3.05, 3.63) is 46.3 Å². The molecule has 0 aliphatic carbocycles. The molecule has 2 heterocycles. The zero-order valence-corrected chi connectivity index (χ0v) is 24.4. The van der Waals surface area contributed by atoms with Gasteiger partial charge in [-0.3, -0.25) is 10.2 Å². The van der Waals surface area contributed by atoms with Crippen LogP contribution in [-0.2, 0) is 26.2 Å². The van der Waals surface area contributed by atoms with Gasteiger partial charge in [0, 0.05) is 30.8 Å². The highest BCUT2D eigenvalue weighted by Crippen LogP contribution is 2.41. The number of hydrogen-bond acceptors (Lipinski definition) is 9. The van der Waals surface area contributed by atoms with Crippen LogP contribution in [0.5, 0.6) is 17.2 Å². The zero-order chi connectivity index (χ0) is 30.1. The average Bonchev–Trinajstić information content (AvgIpc) is 3.51. The number of aromatic hydroxyl groups is 1. The summed E-state index contributed by atoms with van der Waals surface area (Å²) in [7, 11) is 2.74. The number of amidine groups is 1. The van der Waals surface area contributed by atoms with Crippen LogP contribution in [0.2, 0.25) is 0 Å². The SMILES string of the molecule is CCOC(=O)COC1CCN(c2cc(C(=O)CN3Cc4cc(OC)c(OC)c(F)c4C3=N)cc(C(C)(C)C)c2O)C1. The minimum absolute atomic E-state index is 0.0858. The number of phenolic OH excluding ortho intramolecular Hbond substituents is 1. The minimum atomic E-state index is -0.697. The fraction of sp³-hybridized carbons (Fsp3) is 0.500. The summed E-state index contributed by atoms with van der Waals surface area (Å²) < 4.78 is 36.2. The van der Waals surface area contributed by atoms with Crippen LogP contribution in [0.4, 0.5) is 10.1 Å². The lowest BCUT2D eigenvalue weighted by atomic mass is 9.84. The summed E-state index contributed by atoms with van der Waals surface area (Å²) in [4.78, 5) is 28.8. The van der Waals surface area contributed by atoms with Gasteiger partial charge in [0.05, 0.1) is 44.7 Å². The summed E-state index contributed by atoms with van der Waals surface area (Å²) in [5.41, 5.74) is 1.63. The fourth-order valence-corrected chi connectivity index (χ4v) is 5.29. The van der Waals surface area contributed by atoms with Crippen LogP contribution in [0, 0.1) is 11.2 Å². The Kier molecular flexibility index (Phi) is 8.77. The first-order chi connectivity index (χ1) is 19.4. The van der Waals surface area contributed by atoms with E-state index in [1.807, 2.05) is 25.7 Å². The molecule has 0 bridgehead atoms. The van der Waals surface area contributed by atoms with Gasteiger partial charge in [0.1, 0.15) is 18.2 Å². The lowest BCUT2D eigenvalue weighted by molar-refractivity contribution is -0.150. The number of fused-ring (bicyclic) bond motifs is 1. The normalized spacial score (nSPS) is 16.7. The maximum absolute atomic E-state index is 15.2. The third kappa shape index (κ3) is 6.09. The van der Waals surface area contributed by atoms with Crippen LogP contribution in [-0.4, -0.2) is 80.8 Å². The molecule has 0 aromatic heterocycles. The molecule has 41 heavy (non-hydrogen) atoms. The summed E-state index contributed by atoms with van der Waals surface area (Å²) >= 11 is 0. The molecule has 10 nitrogen and oxygen atoms in total. The summed E-state index contributed by atoms with van der Waals surface area (Å²) in [5.74, 6) is -1.29.